The zero-order valence-electron chi connectivity index (χ0n) is 12.3. The molecule has 0 radical (unpaired) electrons. The molecule has 5 nitrogen and oxygen atoms in total. The Morgan fingerprint density at radius 1 is 1.38 bits per heavy atom. The van der Waals surface area contributed by atoms with Crippen LogP contribution in [0, 0.1) is 5.92 Å². The van der Waals surface area contributed by atoms with Gasteiger partial charge < -0.3 is 15.7 Å². The molecule has 0 saturated carbocycles. The number of carbonyl (C=O) groups is 2. The minimum Gasteiger partial charge on any atom is -0.480 e. The lowest BCUT2D eigenvalue weighted by molar-refractivity contribution is -0.153. The van der Waals surface area contributed by atoms with Gasteiger partial charge in [0, 0.05) is 19.5 Å². The Labute approximate surface area is 124 Å². The molecule has 2 rings (SSSR count). The van der Waals surface area contributed by atoms with E-state index in [9.17, 15) is 14.7 Å². The van der Waals surface area contributed by atoms with Crippen LogP contribution < -0.4 is 5.73 Å². The molecule has 0 spiro atoms. The van der Waals surface area contributed by atoms with Gasteiger partial charge in [0.25, 0.3) is 0 Å². The Morgan fingerprint density at radius 3 is 2.62 bits per heavy atom. The number of rotatable bonds is 5. The van der Waals surface area contributed by atoms with Gasteiger partial charge in [0.2, 0.25) is 5.91 Å². The molecular formula is C16H22N2O3. The molecule has 1 aliphatic heterocycles. The first-order chi connectivity index (χ1) is 10.1. The SMILES string of the molecule is CCCC(CN)C(=O)N1Cc2ccccc2CC1C(=O)O. The summed E-state index contributed by atoms with van der Waals surface area (Å²) in [5.41, 5.74) is 7.72. The highest BCUT2D eigenvalue weighted by Gasteiger charge is 2.36. The minimum absolute atomic E-state index is 0.138. The third-order valence-corrected chi connectivity index (χ3v) is 4.09. The average molecular weight is 290 g/mol. The van der Waals surface area contributed by atoms with E-state index < -0.39 is 12.0 Å². The number of nitrogens with two attached hydrogens (primary N) is 1. The van der Waals surface area contributed by atoms with Gasteiger partial charge in [0.1, 0.15) is 6.04 Å². The van der Waals surface area contributed by atoms with Crippen LogP contribution in [0.15, 0.2) is 24.3 Å². The molecule has 1 amide bonds. The molecule has 5 heteroatoms. The van der Waals surface area contributed by atoms with Crippen LogP contribution in [0.1, 0.15) is 30.9 Å². The van der Waals surface area contributed by atoms with Crippen LogP contribution >= 0.6 is 0 Å². The number of carbonyl (C=O) groups excluding carboxylic acids is 1. The van der Waals surface area contributed by atoms with Crippen LogP contribution in [-0.2, 0) is 22.6 Å². The van der Waals surface area contributed by atoms with E-state index in [0.717, 1.165) is 17.5 Å². The molecule has 0 aliphatic carbocycles. The zero-order chi connectivity index (χ0) is 15.4. The van der Waals surface area contributed by atoms with Crippen molar-refractivity contribution in [3.63, 3.8) is 0 Å². The van der Waals surface area contributed by atoms with Crippen LogP contribution in [0.25, 0.3) is 0 Å². The van der Waals surface area contributed by atoms with Crippen molar-refractivity contribution in [2.45, 2.75) is 38.8 Å². The number of benzene rings is 1. The molecule has 3 N–H and O–H groups in total. The van der Waals surface area contributed by atoms with Gasteiger partial charge in [-0.3, -0.25) is 4.79 Å². The quantitative estimate of drug-likeness (QED) is 0.858. The van der Waals surface area contributed by atoms with Gasteiger partial charge in [-0.2, -0.15) is 0 Å². The molecule has 1 aromatic carbocycles. The van der Waals surface area contributed by atoms with E-state index in [1.807, 2.05) is 31.2 Å². The third-order valence-electron chi connectivity index (χ3n) is 4.09. The van der Waals surface area contributed by atoms with E-state index in [1.54, 1.807) is 0 Å². The van der Waals surface area contributed by atoms with Crippen molar-refractivity contribution in [2.75, 3.05) is 6.54 Å². The van der Waals surface area contributed by atoms with Crippen molar-refractivity contribution < 1.29 is 14.7 Å². The van der Waals surface area contributed by atoms with Gasteiger partial charge in [-0.15, -0.1) is 0 Å². The Balaban J connectivity index is 2.28. The van der Waals surface area contributed by atoms with E-state index in [4.69, 9.17) is 5.73 Å². The fourth-order valence-electron chi connectivity index (χ4n) is 2.90. The number of hydrogen-bond donors (Lipinski definition) is 2. The second-order valence-corrected chi connectivity index (χ2v) is 5.51. The molecule has 0 fully saturated rings. The molecular weight excluding hydrogens is 268 g/mol. The van der Waals surface area contributed by atoms with Crippen molar-refractivity contribution in [3.8, 4) is 0 Å². The standard InChI is InChI=1S/C16H22N2O3/c1-2-5-12(9-17)15(19)18-10-13-7-4-3-6-11(13)8-14(18)16(20)21/h3-4,6-7,12,14H,2,5,8-10,17H2,1H3,(H,20,21). The Morgan fingerprint density at radius 2 is 2.05 bits per heavy atom. The first-order valence-corrected chi connectivity index (χ1v) is 7.38. The van der Waals surface area contributed by atoms with E-state index >= 15 is 0 Å². The van der Waals surface area contributed by atoms with Crippen LogP contribution in [0.5, 0.6) is 0 Å². The highest BCUT2D eigenvalue weighted by atomic mass is 16.4. The second kappa shape index (κ2) is 6.72. The molecule has 1 heterocycles. The van der Waals surface area contributed by atoms with Crippen LogP contribution in [0.4, 0.5) is 0 Å². The summed E-state index contributed by atoms with van der Waals surface area (Å²) in [7, 11) is 0. The molecule has 1 aliphatic rings. The summed E-state index contributed by atoms with van der Waals surface area (Å²) in [5.74, 6) is -1.38. The number of carboxylic acids is 1. The molecule has 2 unspecified atom stereocenters. The summed E-state index contributed by atoms with van der Waals surface area (Å²) in [6.07, 6.45) is 1.91. The Bertz CT molecular complexity index is 530. The molecule has 21 heavy (non-hydrogen) atoms. The van der Waals surface area contributed by atoms with Crippen LogP contribution in [0.2, 0.25) is 0 Å². The van der Waals surface area contributed by atoms with Gasteiger partial charge in [-0.1, -0.05) is 37.6 Å². The molecule has 2 atom stereocenters. The molecule has 0 bridgehead atoms. The van der Waals surface area contributed by atoms with Crippen LogP contribution in [-0.4, -0.2) is 34.5 Å². The number of hydrogen-bond acceptors (Lipinski definition) is 3. The number of aliphatic carboxylic acids is 1. The predicted octanol–water partition coefficient (Wildman–Crippen LogP) is 1.40. The lowest BCUT2D eigenvalue weighted by Crippen LogP contribution is -2.51. The number of carboxylic acid groups (broad SMARTS) is 1. The van der Waals surface area contributed by atoms with E-state index in [-0.39, 0.29) is 18.4 Å². The summed E-state index contributed by atoms with van der Waals surface area (Å²) in [5, 5.41) is 9.44. The predicted molar refractivity (Wildman–Crippen MR) is 79.6 cm³/mol. The summed E-state index contributed by atoms with van der Waals surface area (Å²) < 4.78 is 0. The van der Waals surface area contributed by atoms with Crippen molar-refractivity contribution >= 4 is 11.9 Å². The topological polar surface area (TPSA) is 83.6 Å². The van der Waals surface area contributed by atoms with E-state index in [2.05, 4.69) is 0 Å². The van der Waals surface area contributed by atoms with Crippen LogP contribution in [0.3, 0.4) is 0 Å². The lowest BCUT2D eigenvalue weighted by Gasteiger charge is -2.36. The highest BCUT2D eigenvalue weighted by Crippen LogP contribution is 2.25. The molecule has 1 aromatic rings. The molecule has 0 saturated heterocycles. The highest BCUT2D eigenvalue weighted by molar-refractivity contribution is 5.86. The normalized spacial score (nSPS) is 19.0. The second-order valence-electron chi connectivity index (χ2n) is 5.51. The summed E-state index contributed by atoms with van der Waals surface area (Å²) in [4.78, 5) is 25.6. The van der Waals surface area contributed by atoms with Gasteiger partial charge in [0.15, 0.2) is 0 Å². The summed E-state index contributed by atoms with van der Waals surface area (Å²) in [6, 6.07) is 6.90. The zero-order valence-corrected chi connectivity index (χ0v) is 12.3. The summed E-state index contributed by atoms with van der Waals surface area (Å²) >= 11 is 0. The van der Waals surface area contributed by atoms with Crippen molar-refractivity contribution in [2.24, 2.45) is 11.7 Å². The third kappa shape index (κ3) is 3.24. The maximum Gasteiger partial charge on any atom is 0.326 e. The Kier molecular flexibility index (Phi) is 4.96. The fourth-order valence-corrected chi connectivity index (χ4v) is 2.90. The first-order valence-electron chi connectivity index (χ1n) is 7.38. The maximum absolute atomic E-state index is 12.6. The van der Waals surface area contributed by atoms with Crippen molar-refractivity contribution in [3.05, 3.63) is 35.4 Å². The monoisotopic (exact) mass is 290 g/mol. The Hall–Kier alpha value is -1.88. The van der Waals surface area contributed by atoms with E-state index in [1.165, 1.54) is 4.90 Å². The lowest BCUT2D eigenvalue weighted by atomic mass is 9.92. The number of amides is 1. The smallest absolute Gasteiger partial charge is 0.326 e. The van der Waals surface area contributed by atoms with Gasteiger partial charge in [-0.05, 0) is 17.5 Å². The van der Waals surface area contributed by atoms with Gasteiger partial charge >= 0.3 is 5.97 Å². The molecule has 0 aromatic heterocycles. The average Bonchev–Trinajstić information content (AvgIpc) is 2.50. The van der Waals surface area contributed by atoms with Crippen molar-refractivity contribution in [1.29, 1.82) is 0 Å². The minimum atomic E-state index is -0.954. The number of fused-ring (bicyclic) bond motifs is 1. The van der Waals surface area contributed by atoms with Crippen molar-refractivity contribution in [1.82, 2.24) is 4.90 Å². The fraction of sp³-hybridized carbons (Fsp3) is 0.500. The maximum atomic E-state index is 12.6. The molecule has 114 valence electrons. The summed E-state index contributed by atoms with van der Waals surface area (Å²) in [6.45, 7) is 2.61. The van der Waals surface area contributed by atoms with Gasteiger partial charge in [0.05, 0.1) is 5.92 Å². The first kappa shape index (κ1) is 15.5. The van der Waals surface area contributed by atoms with Gasteiger partial charge in [-0.25, -0.2) is 4.79 Å². The largest absolute Gasteiger partial charge is 0.480 e. The number of nitrogens with zero attached hydrogens (tertiary/aromatic N) is 1. The van der Waals surface area contributed by atoms with E-state index in [0.29, 0.717) is 19.4 Å².